The molecule has 0 unspecified atom stereocenters. The summed E-state index contributed by atoms with van der Waals surface area (Å²) in [5.74, 6) is -1.41. The van der Waals surface area contributed by atoms with E-state index in [4.69, 9.17) is 11.6 Å². The zero-order chi connectivity index (χ0) is 15.0. The monoisotopic (exact) mass is 310 g/mol. The van der Waals surface area contributed by atoms with E-state index in [1.54, 1.807) is 0 Å². The van der Waals surface area contributed by atoms with Crippen LogP contribution in [0.3, 0.4) is 0 Å². The summed E-state index contributed by atoms with van der Waals surface area (Å²) in [4.78, 5) is 14.2. The van der Waals surface area contributed by atoms with Gasteiger partial charge in [-0.2, -0.15) is 15.0 Å². The van der Waals surface area contributed by atoms with E-state index in [-0.39, 0.29) is 22.2 Å². The highest BCUT2D eigenvalue weighted by molar-refractivity contribution is 6.28. The van der Waals surface area contributed by atoms with E-state index in [1.165, 1.54) is 19.1 Å². The average Bonchev–Trinajstić information content (AvgIpc) is 2.98. The van der Waals surface area contributed by atoms with E-state index in [2.05, 4.69) is 15.0 Å². The fourth-order valence-corrected chi connectivity index (χ4v) is 2.49. The van der Waals surface area contributed by atoms with Crippen molar-refractivity contribution in [1.29, 1.82) is 0 Å². The highest BCUT2D eigenvalue weighted by Crippen LogP contribution is 2.26. The van der Waals surface area contributed by atoms with Gasteiger partial charge in [-0.05, 0) is 43.0 Å². The third-order valence-corrected chi connectivity index (χ3v) is 3.67. The Balaban J connectivity index is 2.08. The number of hydrogen-bond donors (Lipinski definition) is 0. The standard InChI is InChI=1S/C14H13ClF2N4/c1-8-4-5-9(11(17)10(8)16)12-18-13(15)20-14(19-12)21-6-2-3-7-21/h4-5H,2-3,6-7H2,1H3. The van der Waals surface area contributed by atoms with Crippen LogP contribution in [0.25, 0.3) is 11.4 Å². The predicted molar refractivity (Wildman–Crippen MR) is 76.4 cm³/mol. The van der Waals surface area contributed by atoms with Gasteiger partial charge in [0.1, 0.15) is 0 Å². The summed E-state index contributed by atoms with van der Waals surface area (Å²) in [6, 6.07) is 2.94. The minimum Gasteiger partial charge on any atom is -0.341 e. The minimum atomic E-state index is -0.968. The van der Waals surface area contributed by atoms with E-state index < -0.39 is 11.6 Å². The minimum absolute atomic E-state index is 0.0113. The molecular formula is C14H13ClF2N4. The Hall–Kier alpha value is -1.82. The summed E-state index contributed by atoms with van der Waals surface area (Å²) >= 11 is 5.90. The number of rotatable bonds is 2. The van der Waals surface area contributed by atoms with Crippen molar-refractivity contribution in [2.24, 2.45) is 0 Å². The molecule has 1 aromatic heterocycles. The van der Waals surface area contributed by atoms with Crippen molar-refractivity contribution in [2.45, 2.75) is 19.8 Å². The fourth-order valence-electron chi connectivity index (χ4n) is 2.34. The Morgan fingerprint density at radius 3 is 2.48 bits per heavy atom. The lowest BCUT2D eigenvalue weighted by Crippen LogP contribution is -2.21. The van der Waals surface area contributed by atoms with E-state index in [1.807, 2.05) is 4.90 Å². The first-order valence-electron chi connectivity index (χ1n) is 6.68. The molecular weight excluding hydrogens is 298 g/mol. The molecule has 0 bridgehead atoms. The maximum atomic E-state index is 14.1. The highest BCUT2D eigenvalue weighted by atomic mass is 35.5. The van der Waals surface area contributed by atoms with Gasteiger partial charge in [-0.25, -0.2) is 8.78 Å². The van der Waals surface area contributed by atoms with Crippen molar-refractivity contribution in [3.8, 4) is 11.4 Å². The normalized spacial score (nSPS) is 14.8. The van der Waals surface area contributed by atoms with Crippen LogP contribution in [0.4, 0.5) is 14.7 Å². The average molecular weight is 311 g/mol. The van der Waals surface area contributed by atoms with Gasteiger partial charge in [0.15, 0.2) is 17.5 Å². The third kappa shape index (κ3) is 2.68. The summed E-state index contributed by atoms with van der Waals surface area (Å²) in [6.45, 7) is 3.15. The van der Waals surface area contributed by atoms with Crippen LogP contribution < -0.4 is 4.90 Å². The van der Waals surface area contributed by atoms with Gasteiger partial charge >= 0.3 is 0 Å². The lowest BCUT2D eigenvalue weighted by molar-refractivity contribution is 0.505. The first kappa shape index (κ1) is 14.1. The molecule has 0 saturated carbocycles. The summed E-state index contributed by atoms with van der Waals surface area (Å²) in [5, 5.41) is -0.0257. The van der Waals surface area contributed by atoms with Crippen LogP contribution in [-0.2, 0) is 0 Å². The smallest absolute Gasteiger partial charge is 0.230 e. The zero-order valence-electron chi connectivity index (χ0n) is 11.4. The number of aryl methyl sites for hydroxylation is 1. The van der Waals surface area contributed by atoms with Crippen molar-refractivity contribution in [1.82, 2.24) is 15.0 Å². The maximum Gasteiger partial charge on any atom is 0.230 e. The van der Waals surface area contributed by atoms with Gasteiger partial charge in [0.05, 0.1) is 5.56 Å². The molecule has 0 spiro atoms. The summed E-state index contributed by atoms with van der Waals surface area (Å²) in [5.41, 5.74) is 0.221. The topological polar surface area (TPSA) is 41.9 Å². The molecule has 1 fully saturated rings. The second-order valence-electron chi connectivity index (χ2n) is 4.98. The second-order valence-corrected chi connectivity index (χ2v) is 5.32. The summed E-state index contributed by atoms with van der Waals surface area (Å²) < 4.78 is 27.7. The molecule has 1 saturated heterocycles. The van der Waals surface area contributed by atoms with Gasteiger partial charge in [0, 0.05) is 13.1 Å². The molecule has 0 N–H and O–H groups in total. The summed E-state index contributed by atoms with van der Waals surface area (Å²) in [6.07, 6.45) is 2.10. The Kier molecular flexibility index (Phi) is 3.71. The molecule has 3 rings (SSSR count). The molecule has 0 atom stereocenters. The quantitative estimate of drug-likeness (QED) is 0.853. The number of hydrogen-bond acceptors (Lipinski definition) is 4. The SMILES string of the molecule is Cc1ccc(-c2nc(Cl)nc(N3CCCC3)n2)c(F)c1F. The molecule has 2 aromatic rings. The number of nitrogens with zero attached hydrogens (tertiary/aromatic N) is 4. The van der Waals surface area contributed by atoms with Crippen molar-refractivity contribution >= 4 is 17.5 Å². The van der Waals surface area contributed by atoms with E-state index in [0.717, 1.165) is 25.9 Å². The Morgan fingerprint density at radius 1 is 1.05 bits per heavy atom. The molecule has 2 heterocycles. The molecule has 110 valence electrons. The number of aromatic nitrogens is 3. The first-order chi connectivity index (χ1) is 10.1. The van der Waals surface area contributed by atoms with Gasteiger partial charge in [0.2, 0.25) is 11.2 Å². The van der Waals surface area contributed by atoms with E-state index >= 15 is 0 Å². The van der Waals surface area contributed by atoms with Crippen LogP contribution in [0, 0.1) is 18.6 Å². The van der Waals surface area contributed by atoms with Crippen LogP contribution in [-0.4, -0.2) is 28.0 Å². The number of benzene rings is 1. The lowest BCUT2D eigenvalue weighted by Gasteiger charge is -2.15. The molecule has 7 heteroatoms. The molecule has 0 amide bonds. The maximum absolute atomic E-state index is 14.1. The first-order valence-corrected chi connectivity index (χ1v) is 7.05. The molecule has 1 aliphatic rings. The molecule has 1 aliphatic heterocycles. The molecule has 1 aromatic carbocycles. The van der Waals surface area contributed by atoms with E-state index in [0.29, 0.717) is 5.95 Å². The predicted octanol–water partition coefficient (Wildman–Crippen LogP) is 3.38. The lowest BCUT2D eigenvalue weighted by atomic mass is 10.1. The molecule has 0 radical (unpaired) electrons. The van der Waals surface area contributed by atoms with Crippen LogP contribution in [0.2, 0.25) is 5.28 Å². The van der Waals surface area contributed by atoms with Crippen LogP contribution in [0.15, 0.2) is 12.1 Å². The third-order valence-electron chi connectivity index (χ3n) is 3.50. The second kappa shape index (κ2) is 5.52. The Morgan fingerprint density at radius 2 is 1.76 bits per heavy atom. The molecule has 0 aliphatic carbocycles. The molecule has 4 nitrogen and oxygen atoms in total. The number of halogens is 3. The fraction of sp³-hybridized carbons (Fsp3) is 0.357. The number of anilines is 1. The molecule has 21 heavy (non-hydrogen) atoms. The van der Waals surface area contributed by atoms with Crippen molar-refractivity contribution in [3.63, 3.8) is 0 Å². The van der Waals surface area contributed by atoms with Crippen molar-refractivity contribution < 1.29 is 8.78 Å². The Bertz CT molecular complexity index is 687. The summed E-state index contributed by atoms with van der Waals surface area (Å²) in [7, 11) is 0. The van der Waals surface area contributed by atoms with Crippen LogP contribution >= 0.6 is 11.6 Å². The van der Waals surface area contributed by atoms with Crippen LogP contribution in [0.5, 0.6) is 0 Å². The van der Waals surface area contributed by atoms with Gasteiger partial charge < -0.3 is 4.90 Å². The van der Waals surface area contributed by atoms with Gasteiger partial charge in [-0.15, -0.1) is 0 Å². The van der Waals surface area contributed by atoms with Crippen LogP contribution in [0.1, 0.15) is 18.4 Å². The van der Waals surface area contributed by atoms with Gasteiger partial charge in [-0.3, -0.25) is 0 Å². The Labute approximate surface area is 125 Å². The zero-order valence-corrected chi connectivity index (χ0v) is 12.2. The van der Waals surface area contributed by atoms with Gasteiger partial charge in [-0.1, -0.05) is 6.07 Å². The highest BCUT2D eigenvalue weighted by Gasteiger charge is 2.20. The van der Waals surface area contributed by atoms with Crippen molar-refractivity contribution in [2.75, 3.05) is 18.0 Å². The van der Waals surface area contributed by atoms with Gasteiger partial charge in [0.25, 0.3) is 0 Å². The largest absolute Gasteiger partial charge is 0.341 e. The van der Waals surface area contributed by atoms with Crippen molar-refractivity contribution in [3.05, 3.63) is 34.6 Å². The van der Waals surface area contributed by atoms with E-state index in [9.17, 15) is 8.78 Å².